The van der Waals surface area contributed by atoms with Crippen LogP contribution in [0.2, 0.25) is 5.02 Å². The number of hydrogen-bond acceptors (Lipinski definition) is 5. The molecule has 0 amide bonds. The minimum atomic E-state index is -0.339. The van der Waals surface area contributed by atoms with Gasteiger partial charge in [-0.15, -0.1) is 11.3 Å². The van der Waals surface area contributed by atoms with Gasteiger partial charge < -0.3 is 5.32 Å². The Bertz CT molecular complexity index is 1020. The summed E-state index contributed by atoms with van der Waals surface area (Å²) in [5.41, 5.74) is 2.56. The van der Waals surface area contributed by atoms with Gasteiger partial charge in [-0.2, -0.15) is 10.1 Å². The molecule has 0 saturated carbocycles. The number of thiophene rings is 1. The molecule has 1 aliphatic carbocycles. The maximum atomic E-state index is 13.2. The fraction of sp³-hybridized carbons (Fsp3) is 0.211. The molecule has 7 heteroatoms. The van der Waals surface area contributed by atoms with Crippen molar-refractivity contribution < 1.29 is 4.79 Å². The molecular weight excluding hydrogens is 368 g/mol. The summed E-state index contributed by atoms with van der Waals surface area (Å²) in [6, 6.07) is 11.4. The highest BCUT2D eigenvalue weighted by Gasteiger charge is 2.40. The molecule has 2 aromatic heterocycles. The molecule has 0 unspecified atom stereocenters. The van der Waals surface area contributed by atoms with Crippen molar-refractivity contribution in [2.75, 3.05) is 5.32 Å². The fourth-order valence-electron chi connectivity index (χ4n) is 3.86. The van der Waals surface area contributed by atoms with Gasteiger partial charge in [-0.3, -0.25) is 4.79 Å². The molecular formula is C19H15ClN4OS. The summed E-state index contributed by atoms with van der Waals surface area (Å²) >= 11 is 8.17. The summed E-state index contributed by atoms with van der Waals surface area (Å²) < 4.78 is 1.75. The molecule has 26 heavy (non-hydrogen) atoms. The van der Waals surface area contributed by atoms with Gasteiger partial charge in [-0.1, -0.05) is 35.9 Å². The van der Waals surface area contributed by atoms with Gasteiger partial charge in [0, 0.05) is 39.1 Å². The predicted molar refractivity (Wildman–Crippen MR) is 102 cm³/mol. The van der Waals surface area contributed by atoms with Crippen LogP contribution in [0.1, 0.15) is 35.2 Å². The number of carbonyl (C=O) groups is 1. The first kappa shape index (κ1) is 15.8. The fourth-order valence-corrected chi connectivity index (χ4v) is 4.93. The predicted octanol–water partition coefficient (Wildman–Crippen LogP) is 4.41. The molecule has 0 radical (unpaired) electrons. The number of Topliss-reactive ketones (excluding diaryl/α,β-unsaturated/α-hetero) is 1. The van der Waals surface area contributed by atoms with Crippen LogP contribution in [0.4, 0.5) is 5.95 Å². The highest BCUT2D eigenvalue weighted by molar-refractivity contribution is 7.10. The van der Waals surface area contributed by atoms with E-state index >= 15 is 0 Å². The van der Waals surface area contributed by atoms with Gasteiger partial charge in [0.2, 0.25) is 5.95 Å². The number of ketones is 1. The lowest BCUT2D eigenvalue weighted by atomic mass is 9.80. The van der Waals surface area contributed by atoms with Crippen molar-refractivity contribution in [1.29, 1.82) is 0 Å². The van der Waals surface area contributed by atoms with Gasteiger partial charge in [-0.05, 0) is 23.9 Å². The van der Waals surface area contributed by atoms with Crippen molar-refractivity contribution in [1.82, 2.24) is 14.8 Å². The van der Waals surface area contributed by atoms with Crippen molar-refractivity contribution in [3.8, 4) is 0 Å². The van der Waals surface area contributed by atoms with Crippen LogP contribution in [0.3, 0.4) is 0 Å². The summed E-state index contributed by atoms with van der Waals surface area (Å²) in [6.07, 6.45) is 2.80. The third kappa shape index (κ3) is 2.40. The minimum absolute atomic E-state index is 0.142. The number of aromatic nitrogens is 3. The summed E-state index contributed by atoms with van der Waals surface area (Å²) in [6.45, 7) is 0. The Labute approximate surface area is 159 Å². The van der Waals surface area contributed by atoms with Crippen LogP contribution in [0.5, 0.6) is 0 Å². The van der Waals surface area contributed by atoms with E-state index in [2.05, 4.69) is 26.8 Å². The summed E-state index contributed by atoms with van der Waals surface area (Å²) in [5.74, 6) is 0.992. The molecule has 3 heterocycles. The maximum Gasteiger partial charge on any atom is 0.226 e. The average Bonchev–Trinajstić information content (AvgIpc) is 3.32. The Hall–Kier alpha value is -2.44. The van der Waals surface area contributed by atoms with Crippen LogP contribution in [-0.4, -0.2) is 20.5 Å². The minimum Gasteiger partial charge on any atom is -0.328 e. The lowest BCUT2D eigenvalue weighted by Gasteiger charge is -2.35. The second-order valence-corrected chi connectivity index (χ2v) is 7.90. The third-order valence-corrected chi connectivity index (χ3v) is 6.39. The summed E-state index contributed by atoms with van der Waals surface area (Å²) in [5, 5.41) is 10.4. The molecule has 130 valence electrons. The van der Waals surface area contributed by atoms with E-state index in [1.165, 1.54) is 11.2 Å². The highest BCUT2D eigenvalue weighted by Crippen LogP contribution is 2.45. The standard InChI is InChI=1S/C19H15ClN4OS/c20-13-5-2-1-4-12(13)18-17-14(23-19-21-10-22-24(18)19)8-11(9-15(17)25)16-6-3-7-26-16/h1-7,10-11,18H,8-9H2,(H,21,22,23)/t11-,18+/m0/s1. The van der Waals surface area contributed by atoms with Gasteiger partial charge in [0.1, 0.15) is 12.4 Å². The van der Waals surface area contributed by atoms with Crippen molar-refractivity contribution in [3.63, 3.8) is 0 Å². The van der Waals surface area contributed by atoms with Gasteiger partial charge in [0.25, 0.3) is 0 Å². The second kappa shape index (κ2) is 6.07. The zero-order chi connectivity index (χ0) is 17.7. The quantitative estimate of drug-likeness (QED) is 0.713. The average molecular weight is 383 g/mol. The van der Waals surface area contributed by atoms with E-state index in [4.69, 9.17) is 11.6 Å². The van der Waals surface area contributed by atoms with E-state index in [1.54, 1.807) is 16.0 Å². The monoisotopic (exact) mass is 382 g/mol. The number of benzene rings is 1. The van der Waals surface area contributed by atoms with E-state index < -0.39 is 0 Å². The lowest BCUT2D eigenvalue weighted by molar-refractivity contribution is -0.116. The number of anilines is 1. The number of allylic oxidation sites excluding steroid dienone is 2. The molecule has 0 bridgehead atoms. The first-order valence-electron chi connectivity index (χ1n) is 8.43. The topological polar surface area (TPSA) is 59.8 Å². The molecule has 0 fully saturated rings. The van der Waals surface area contributed by atoms with E-state index in [9.17, 15) is 4.79 Å². The second-order valence-electron chi connectivity index (χ2n) is 6.51. The molecule has 1 N–H and O–H groups in total. The number of nitrogens with one attached hydrogen (secondary N) is 1. The van der Waals surface area contributed by atoms with Crippen LogP contribution >= 0.6 is 22.9 Å². The SMILES string of the molecule is O=C1C[C@@H](c2cccs2)CC2=C1[C@@H](c1ccccc1Cl)n1ncnc1N2. The van der Waals surface area contributed by atoms with Crippen LogP contribution in [-0.2, 0) is 4.79 Å². The Balaban J connectivity index is 1.65. The van der Waals surface area contributed by atoms with Gasteiger partial charge in [-0.25, -0.2) is 4.68 Å². The molecule has 0 spiro atoms. The van der Waals surface area contributed by atoms with Crippen LogP contribution in [0.15, 0.2) is 59.4 Å². The Morgan fingerprint density at radius 2 is 2.08 bits per heavy atom. The summed E-state index contributed by atoms with van der Waals surface area (Å²) in [4.78, 5) is 18.7. The van der Waals surface area contributed by atoms with E-state index in [-0.39, 0.29) is 17.7 Å². The van der Waals surface area contributed by atoms with Gasteiger partial charge in [0.15, 0.2) is 5.78 Å². The van der Waals surface area contributed by atoms with Crippen molar-refractivity contribution in [3.05, 3.63) is 74.8 Å². The van der Waals surface area contributed by atoms with E-state index in [0.717, 1.165) is 23.3 Å². The highest BCUT2D eigenvalue weighted by atomic mass is 35.5. The first-order chi connectivity index (χ1) is 12.7. The molecule has 5 rings (SSSR count). The number of nitrogens with zero attached hydrogens (tertiary/aromatic N) is 3. The van der Waals surface area contributed by atoms with Crippen molar-refractivity contribution in [2.24, 2.45) is 0 Å². The van der Waals surface area contributed by atoms with Crippen LogP contribution < -0.4 is 5.32 Å². The Morgan fingerprint density at radius 1 is 1.19 bits per heavy atom. The molecule has 0 saturated heterocycles. The number of fused-ring (bicyclic) bond motifs is 1. The molecule has 3 aromatic rings. The zero-order valence-electron chi connectivity index (χ0n) is 13.7. The third-order valence-electron chi connectivity index (χ3n) is 5.01. The number of rotatable bonds is 2. The smallest absolute Gasteiger partial charge is 0.226 e. The zero-order valence-corrected chi connectivity index (χ0v) is 15.3. The Kier molecular flexibility index (Phi) is 3.69. The van der Waals surface area contributed by atoms with E-state index in [0.29, 0.717) is 17.4 Å². The van der Waals surface area contributed by atoms with Crippen LogP contribution in [0, 0.1) is 0 Å². The maximum absolute atomic E-state index is 13.2. The molecule has 5 nitrogen and oxygen atoms in total. The number of carbonyl (C=O) groups excluding carboxylic acids is 1. The Morgan fingerprint density at radius 3 is 2.88 bits per heavy atom. The number of hydrogen-bond donors (Lipinski definition) is 1. The van der Waals surface area contributed by atoms with Crippen molar-refractivity contribution in [2.45, 2.75) is 24.8 Å². The largest absolute Gasteiger partial charge is 0.328 e. The first-order valence-corrected chi connectivity index (χ1v) is 9.68. The lowest BCUT2D eigenvalue weighted by Crippen LogP contribution is -2.33. The van der Waals surface area contributed by atoms with Gasteiger partial charge in [0.05, 0.1) is 0 Å². The molecule has 1 aromatic carbocycles. The number of halogens is 1. The molecule has 2 aliphatic rings. The van der Waals surface area contributed by atoms with E-state index in [1.807, 2.05) is 30.3 Å². The summed E-state index contributed by atoms with van der Waals surface area (Å²) in [7, 11) is 0. The van der Waals surface area contributed by atoms with Gasteiger partial charge >= 0.3 is 0 Å². The van der Waals surface area contributed by atoms with Crippen LogP contribution in [0.25, 0.3) is 0 Å². The molecule has 2 atom stereocenters. The normalized spacial score (nSPS) is 22.0. The molecule has 1 aliphatic heterocycles. The van der Waals surface area contributed by atoms with Crippen molar-refractivity contribution >= 4 is 34.7 Å².